The number of hydrogen-bond donors (Lipinski definition) is 2. The number of benzene rings is 2. The van der Waals surface area contributed by atoms with E-state index in [2.05, 4.69) is 30.9 Å². The minimum Gasteiger partial charge on any atom is -0.497 e. The van der Waals surface area contributed by atoms with Crippen molar-refractivity contribution in [3.63, 3.8) is 0 Å². The number of H-pyrrole nitrogens is 1. The molecule has 0 spiro atoms. The van der Waals surface area contributed by atoms with Gasteiger partial charge in [-0.3, -0.25) is 23.7 Å². The fourth-order valence-corrected chi connectivity index (χ4v) is 5.09. The number of nitrogen functional groups attached to an aromatic ring is 1. The minimum absolute atomic E-state index is 0.0189. The van der Waals surface area contributed by atoms with Crippen LogP contribution in [-0.4, -0.2) is 52.0 Å². The zero-order valence-corrected chi connectivity index (χ0v) is 22.8. The van der Waals surface area contributed by atoms with Gasteiger partial charge in [-0.05, 0) is 42.0 Å². The van der Waals surface area contributed by atoms with Crippen LogP contribution >= 0.6 is 23.5 Å². The summed E-state index contributed by atoms with van der Waals surface area (Å²) < 4.78 is 37.8. The summed E-state index contributed by atoms with van der Waals surface area (Å²) in [4.78, 5) is 35.1. The van der Waals surface area contributed by atoms with Gasteiger partial charge in [-0.1, -0.05) is 28.1 Å². The number of methoxy groups -OCH3 is 1. The summed E-state index contributed by atoms with van der Waals surface area (Å²) in [6.07, 6.45) is 1.03. The Morgan fingerprint density at radius 2 is 1.97 bits per heavy atom. The van der Waals surface area contributed by atoms with Gasteiger partial charge in [-0.2, -0.15) is 4.98 Å². The first-order chi connectivity index (χ1) is 18.3. The highest BCUT2D eigenvalue weighted by Crippen LogP contribution is 2.49. The number of ether oxygens (including phenoxy) is 2. The molecular formula is C24H25BrN5O7P. The first kappa shape index (κ1) is 27.7. The predicted octanol–water partition coefficient (Wildman–Crippen LogP) is 3.76. The van der Waals surface area contributed by atoms with Crippen molar-refractivity contribution < 1.29 is 27.9 Å². The lowest BCUT2D eigenvalue weighted by Gasteiger charge is -2.19. The van der Waals surface area contributed by atoms with Crippen molar-refractivity contribution in [2.75, 3.05) is 32.4 Å². The van der Waals surface area contributed by atoms with Crippen molar-refractivity contribution in [3.05, 3.63) is 80.8 Å². The fourth-order valence-electron chi connectivity index (χ4n) is 3.40. The molecule has 12 nitrogen and oxygen atoms in total. The number of anilines is 1. The summed E-state index contributed by atoms with van der Waals surface area (Å²) in [5, 5.41) is 0. The Morgan fingerprint density at radius 3 is 2.71 bits per heavy atom. The van der Waals surface area contributed by atoms with Crippen LogP contribution in [0.25, 0.3) is 11.2 Å². The van der Waals surface area contributed by atoms with Crippen LogP contribution in [0.1, 0.15) is 15.9 Å². The van der Waals surface area contributed by atoms with Crippen LogP contribution in [-0.2, 0) is 31.5 Å². The van der Waals surface area contributed by atoms with E-state index in [4.69, 9.17) is 24.3 Å². The molecule has 0 fully saturated rings. The Labute approximate surface area is 225 Å². The molecule has 0 aliphatic rings. The predicted molar refractivity (Wildman–Crippen MR) is 143 cm³/mol. The molecule has 0 bridgehead atoms. The third-order valence-electron chi connectivity index (χ3n) is 5.34. The van der Waals surface area contributed by atoms with Gasteiger partial charge in [0.05, 0.1) is 26.7 Å². The highest BCUT2D eigenvalue weighted by molar-refractivity contribution is 9.10. The number of ketones is 1. The molecule has 0 aliphatic heterocycles. The van der Waals surface area contributed by atoms with Gasteiger partial charge in [-0.25, -0.2) is 4.98 Å². The average molecular weight is 606 g/mol. The van der Waals surface area contributed by atoms with E-state index in [1.165, 1.54) is 13.4 Å². The Morgan fingerprint density at radius 1 is 1.18 bits per heavy atom. The molecule has 14 heteroatoms. The van der Waals surface area contributed by atoms with E-state index in [0.717, 1.165) is 10.0 Å². The number of nitrogens with one attached hydrogen (secondary N) is 1. The number of halogens is 1. The largest absolute Gasteiger partial charge is 0.497 e. The van der Waals surface area contributed by atoms with Gasteiger partial charge < -0.3 is 24.3 Å². The third kappa shape index (κ3) is 7.15. The standard InChI is InChI=1S/C24H25BrN5O7P/c1-34-19-7-5-17(6-8-19)20(31)13-37-38(33,36-12-16-3-2-4-18(25)11-16)15-35-10-9-30-14-27-21-22(30)28-24(26)29-23(21)32/h2-8,11,14H,9-10,12-13,15H2,1H3,(H3,26,28,29,32). The van der Waals surface area contributed by atoms with Crippen molar-refractivity contribution in [2.45, 2.75) is 13.2 Å². The quantitative estimate of drug-likeness (QED) is 0.130. The summed E-state index contributed by atoms with van der Waals surface area (Å²) in [5.74, 6) is 0.190. The monoisotopic (exact) mass is 605 g/mol. The van der Waals surface area contributed by atoms with Crippen LogP contribution in [0.4, 0.5) is 5.95 Å². The lowest BCUT2D eigenvalue weighted by Crippen LogP contribution is -2.14. The van der Waals surface area contributed by atoms with Gasteiger partial charge in [0.2, 0.25) is 5.95 Å². The smallest absolute Gasteiger partial charge is 0.356 e. The molecule has 4 aromatic rings. The molecule has 2 aromatic heterocycles. The number of hydrogen-bond acceptors (Lipinski definition) is 10. The third-order valence-corrected chi connectivity index (χ3v) is 7.38. The van der Waals surface area contributed by atoms with Gasteiger partial charge in [0, 0.05) is 16.6 Å². The van der Waals surface area contributed by atoms with E-state index >= 15 is 0 Å². The summed E-state index contributed by atoms with van der Waals surface area (Å²) in [6.45, 7) is -0.179. The zero-order valence-electron chi connectivity index (χ0n) is 20.3. The van der Waals surface area contributed by atoms with Crippen molar-refractivity contribution in [1.82, 2.24) is 19.5 Å². The van der Waals surface area contributed by atoms with Crippen molar-refractivity contribution >= 4 is 46.4 Å². The normalized spacial score (nSPS) is 12.9. The number of nitrogens with zero attached hydrogens (tertiary/aromatic N) is 3. The topological polar surface area (TPSA) is 161 Å². The Hall–Kier alpha value is -3.35. The van der Waals surface area contributed by atoms with Gasteiger partial charge in [0.1, 0.15) is 18.7 Å². The van der Waals surface area contributed by atoms with Crippen LogP contribution in [0.15, 0.2) is 64.1 Å². The molecule has 0 saturated heterocycles. The van der Waals surface area contributed by atoms with E-state index in [1.54, 1.807) is 28.8 Å². The van der Waals surface area contributed by atoms with E-state index in [-0.39, 0.29) is 37.0 Å². The Kier molecular flexibility index (Phi) is 9.08. The van der Waals surface area contributed by atoms with Gasteiger partial charge in [-0.15, -0.1) is 0 Å². The molecule has 2 heterocycles. The van der Waals surface area contributed by atoms with Crippen molar-refractivity contribution in [3.8, 4) is 5.75 Å². The lowest BCUT2D eigenvalue weighted by molar-refractivity contribution is 0.0855. The minimum atomic E-state index is -3.86. The van der Waals surface area contributed by atoms with Crippen LogP contribution in [0.5, 0.6) is 5.75 Å². The maximum Gasteiger partial charge on any atom is 0.356 e. The van der Waals surface area contributed by atoms with Crippen LogP contribution < -0.4 is 16.0 Å². The second kappa shape index (κ2) is 12.5. The number of rotatable bonds is 13. The summed E-state index contributed by atoms with van der Waals surface area (Å²) in [5.41, 5.74) is 6.74. The van der Waals surface area contributed by atoms with Crippen LogP contribution in [0.3, 0.4) is 0 Å². The van der Waals surface area contributed by atoms with Crippen LogP contribution in [0.2, 0.25) is 0 Å². The number of imidazole rings is 1. The summed E-state index contributed by atoms with van der Waals surface area (Å²) >= 11 is 3.39. The van der Waals surface area contributed by atoms with E-state index in [1.807, 2.05) is 24.3 Å². The second-order valence-electron chi connectivity index (χ2n) is 8.04. The van der Waals surface area contributed by atoms with E-state index in [9.17, 15) is 14.2 Å². The molecule has 0 aliphatic carbocycles. The Bertz CT molecular complexity index is 1520. The van der Waals surface area contributed by atoms with Gasteiger partial charge in [0.15, 0.2) is 16.9 Å². The number of aromatic amines is 1. The second-order valence-corrected chi connectivity index (χ2v) is 11.0. The van der Waals surface area contributed by atoms with Crippen molar-refractivity contribution in [2.24, 2.45) is 0 Å². The maximum atomic E-state index is 13.5. The van der Waals surface area contributed by atoms with Gasteiger partial charge >= 0.3 is 7.60 Å². The highest BCUT2D eigenvalue weighted by atomic mass is 79.9. The first-order valence-electron chi connectivity index (χ1n) is 11.3. The molecule has 1 atom stereocenters. The molecule has 38 heavy (non-hydrogen) atoms. The highest BCUT2D eigenvalue weighted by Gasteiger charge is 2.27. The van der Waals surface area contributed by atoms with Crippen molar-refractivity contribution in [1.29, 1.82) is 0 Å². The first-order valence-corrected chi connectivity index (χ1v) is 13.9. The number of aromatic nitrogens is 4. The number of carbonyl (C=O) groups excluding carboxylic acids is 1. The Balaban J connectivity index is 1.40. The molecule has 4 rings (SSSR count). The molecule has 0 saturated carbocycles. The van der Waals surface area contributed by atoms with Gasteiger partial charge in [0.25, 0.3) is 5.56 Å². The molecule has 0 amide bonds. The van der Waals surface area contributed by atoms with Crippen LogP contribution in [0, 0.1) is 0 Å². The molecule has 3 N–H and O–H groups in total. The molecule has 200 valence electrons. The zero-order chi connectivity index (χ0) is 27.1. The fraction of sp³-hybridized carbons (Fsp3) is 0.250. The molecule has 0 radical (unpaired) electrons. The maximum absolute atomic E-state index is 13.5. The SMILES string of the molecule is COc1ccc(C(=O)COP(=O)(COCCn2cnc3c(=O)[nH]c(N)nc32)OCc2cccc(Br)c2)cc1. The summed E-state index contributed by atoms with van der Waals surface area (Å²) in [7, 11) is -2.33. The molecular weight excluding hydrogens is 581 g/mol. The number of carbonyl (C=O) groups is 1. The molecule has 2 aromatic carbocycles. The van der Waals surface area contributed by atoms with E-state index in [0.29, 0.717) is 17.0 Å². The number of Topliss-reactive ketones (excluding diaryl/α,β-unsaturated/α-hetero) is 1. The average Bonchev–Trinajstić information content (AvgIpc) is 3.32. The number of fused-ring (bicyclic) bond motifs is 1. The summed E-state index contributed by atoms with van der Waals surface area (Å²) in [6, 6.07) is 13.8. The molecule has 1 unspecified atom stereocenters. The lowest BCUT2D eigenvalue weighted by atomic mass is 10.1. The number of nitrogens with two attached hydrogens (primary N) is 1. The van der Waals surface area contributed by atoms with E-state index < -0.39 is 26.1 Å².